The number of nitro groups is 1. The van der Waals surface area contributed by atoms with E-state index in [0.29, 0.717) is 11.3 Å². The summed E-state index contributed by atoms with van der Waals surface area (Å²) in [5.74, 6) is -0.949. The molecule has 0 fully saturated rings. The summed E-state index contributed by atoms with van der Waals surface area (Å²) < 4.78 is 15.2. The first-order valence-electron chi connectivity index (χ1n) is 8.89. The predicted molar refractivity (Wildman–Crippen MR) is 110 cm³/mol. The van der Waals surface area contributed by atoms with Crippen molar-refractivity contribution in [2.24, 2.45) is 0 Å². The first kappa shape index (κ1) is 22.9. The van der Waals surface area contributed by atoms with E-state index >= 15 is 0 Å². The summed E-state index contributed by atoms with van der Waals surface area (Å²) in [5, 5.41) is 22.6. The minimum Gasteiger partial charge on any atom is -0.497 e. The number of methoxy groups -OCH3 is 2. The number of nitro benzene ring substituents is 1. The first-order chi connectivity index (χ1) is 14.8. The Morgan fingerprint density at radius 2 is 1.84 bits per heavy atom. The molecule has 1 N–H and O–H groups in total. The van der Waals surface area contributed by atoms with Crippen molar-refractivity contribution in [2.75, 3.05) is 19.5 Å². The van der Waals surface area contributed by atoms with Gasteiger partial charge in [0.25, 0.3) is 11.6 Å². The van der Waals surface area contributed by atoms with Gasteiger partial charge in [0, 0.05) is 12.1 Å². The van der Waals surface area contributed by atoms with E-state index < -0.39 is 22.9 Å². The van der Waals surface area contributed by atoms with E-state index in [0.717, 1.165) is 6.07 Å². The summed E-state index contributed by atoms with van der Waals surface area (Å²) in [7, 11) is 2.85. The molecule has 0 aliphatic rings. The summed E-state index contributed by atoms with van der Waals surface area (Å²) in [6, 6.07) is 12.0. The molecule has 0 spiro atoms. The third kappa shape index (κ3) is 6.04. The number of non-ortho nitro benzene ring substituents is 1. The first-order valence-corrected chi connectivity index (χ1v) is 8.89. The van der Waals surface area contributed by atoms with Crippen molar-refractivity contribution in [1.82, 2.24) is 0 Å². The van der Waals surface area contributed by atoms with Gasteiger partial charge < -0.3 is 19.5 Å². The van der Waals surface area contributed by atoms with Crippen molar-refractivity contribution >= 4 is 29.3 Å². The van der Waals surface area contributed by atoms with Crippen LogP contribution in [0.3, 0.4) is 0 Å². The highest BCUT2D eigenvalue weighted by Crippen LogP contribution is 2.29. The van der Waals surface area contributed by atoms with E-state index in [4.69, 9.17) is 14.2 Å². The largest absolute Gasteiger partial charge is 0.497 e. The third-order valence-corrected chi connectivity index (χ3v) is 4.07. The van der Waals surface area contributed by atoms with Crippen molar-refractivity contribution < 1.29 is 28.7 Å². The van der Waals surface area contributed by atoms with Gasteiger partial charge in [-0.2, -0.15) is 5.26 Å². The Bertz CT molecular complexity index is 1060. The number of amides is 1. The average Bonchev–Trinajstić information content (AvgIpc) is 2.77. The summed E-state index contributed by atoms with van der Waals surface area (Å²) in [6.45, 7) is 1.30. The minimum absolute atomic E-state index is 0.0406. The number of carbonyl (C=O) groups is 2. The fraction of sp³-hybridized carbons (Fsp3) is 0.190. The molecular weight excluding hydrogens is 406 g/mol. The molecule has 0 aliphatic carbocycles. The van der Waals surface area contributed by atoms with Crippen molar-refractivity contribution in [2.45, 2.75) is 13.0 Å². The topological polar surface area (TPSA) is 141 Å². The molecule has 10 heteroatoms. The Morgan fingerprint density at radius 1 is 1.16 bits per heavy atom. The van der Waals surface area contributed by atoms with Crippen molar-refractivity contribution in [3.63, 3.8) is 0 Å². The average molecular weight is 425 g/mol. The standard InChI is InChI=1S/C21H19N3O7/c1-13(20(25)23-18-11-16(24(27)28)6-9-19(18)30-3)31-21(26)15(12-22)10-14-4-7-17(29-2)8-5-14/h4-11,13H,1-3H3,(H,23,25)/b15-10+. The number of nitrogens with one attached hydrogen (secondary N) is 1. The SMILES string of the molecule is COc1ccc(/C=C(\C#N)C(=O)OC(C)C(=O)Nc2cc([N+](=O)[O-])ccc2OC)cc1. The van der Waals surface area contributed by atoms with Crippen LogP contribution in [0.15, 0.2) is 48.0 Å². The molecule has 0 aliphatic heterocycles. The molecule has 2 aromatic rings. The lowest BCUT2D eigenvalue weighted by Crippen LogP contribution is -2.30. The van der Waals surface area contributed by atoms with Crippen LogP contribution in [0.4, 0.5) is 11.4 Å². The number of nitriles is 1. The van der Waals surface area contributed by atoms with E-state index in [-0.39, 0.29) is 22.7 Å². The fourth-order valence-corrected chi connectivity index (χ4v) is 2.42. The van der Waals surface area contributed by atoms with Crippen LogP contribution in [-0.4, -0.2) is 37.1 Å². The number of hydrogen-bond donors (Lipinski definition) is 1. The van der Waals surface area contributed by atoms with E-state index in [9.17, 15) is 25.0 Å². The second-order valence-electron chi connectivity index (χ2n) is 6.12. The van der Waals surface area contributed by atoms with E-state index in [1.165, 1.54) is 39.4 Å². The molecular formula is C21H19N3O7. The van der Waals surface area contributed by atoms with Crippen LogP contribution in [-0.2, 0) is 14.3 Å². The smallest absolute Gasteiger partial charge is 0.349 e. The summed E-state index contributed by atoms with van der Waals surface area (Å²) in [5.41, 5.74) is 0.0410. The number of rotatable bonds is 8. The molecule has 0 saturated heterocycles. The van der Waals surface area contributed by atoms with Crippen LogP contribution in [0.1, 0.15) is 12.5 Å². The Balaban J connectivity index is 2.11. The van der Waals surface area contributed by atoms with Gasteiger partial charge >= 0.3 is 5.97 Å². The molecule has 2 rings (SSSR count). The lowest BCUT2D eigenvalue weighted by Gasteiger charge is -2.15. The molecule has 2 aromatic carbocycles. The molecule has 1 amide bonds. The number of anilines is 1. The quantitative estimate of drug-likeness (QED) is 0.224. The zero-order valence-electron chi connectivity index (χ0n) is 16.9. The molecule has 0 radical (unpaired) electrons. The van der Waals surface area contributed by atoms with Gasteiger partial charge in [-0.3, -0.25) is 14.9 Å². The number of benzene rings is 2. The van der Waals surface area contributed by atoms with E-state index in [1.54, 1.807) is 30.3 Å². The third-order valence-electron chi connectivity index (χ3n) is 4.07. The molecule has 1 unspecified atom stereocenters. The van der Waals surface area contributed by atoms with Crippen molar-refractivity contribution in [1.29, 1.82) is 5.26 Å². The Hall–Kier alpha value is -4.39. The van der Waals surface area contributed by atoms with Crippen LogP contribution < -0.4 is 14.8 Å². The molecule has 0 heterocycles. The Labute approximate surface area is 177 Å². The Morgan fingerprint density at radius 3 is 2.39 bits per heavy atom. The van der Waals surface area contributed by atoms with Crippen LogP contribution >= 0.6 is 0 Å². The molecule has 1 atom stereocenters. The van der Waals surface area contributed by atoms with Crippen LogP contribution in [0.2, 0.25) is 0 Å². The highest BCUT2D eigenvalue weighted by atomic mass is 16.6. The predicted octanol–water partition coefficient (Wildman–Crippen LogP) is 3.09. The zero-order chi connectivity index (χ0) is 23.0. The normalized spacial score (nSPS) is 11.6. The maximum atomic E-state index is 12.4. The van der Waals surface area contributed by atoms with Gasteiger partial charge in [-0.15, -0.1) is 0 Å². The van der Waals surface area contributed by atoms with Gasteiger partial charge in [-0.25, -0.2) is 4.79 Å². The van der Waals surface area contributed by atoms with Crippen LogP contribution in [0.25, 0.3) is 6.08 Å². The zero-order valence-corrected chi connectivity index (χ0v) is 16.9. The number of esters is 1. The van der Waals surface area contributed by atoms with Crippen molar-refractivity contribution in [3.8, 4) is 17.6 Å². The number of nitrogens with zero attached hydrogens (tertiary/aromatic N) is 2. The molecule has 160 valence electrons. The maximum absolute atomic E-state index is 12.4. The monoisotopic (exact) mass is 425 g/mol. The number of hydrogen-bond acceptors (Lipinski definition) is 8. The van der Waals surface area contributed by atoms with Gasteiger partial charge in [0.05, 0.1) is 24.8 Å². The van der Waals surface area contributed by atoms with Crippen LogP contribution in [0, 0.1) is 21.4 Å². The van der Waals surface area contributed by atoms with E-state index in [1.807, 2.05) is 0 Å². The summed E-state index contributed by atoms with van der Waals surface area (Å²) in [6.07, 6.45) is 0.0276. The summed E-state index contributed by atoms with van der Waals surface area (Å²) in [4.78, 5) is 35.0. The van der Waals surface area contributed by atoms with Gasteiger partial charge in [-0.1, -0.05) is 12.1 Å². The highest BCUT2D eigenvalue weighted by molar-refractivity contribution is 6.01. The van der Waals surface area contributed by atoms with Gasteiger partial charge in [0.15, 0.2) is 6.10 Å². The van der Waals surface area contributed by atoms with Gasteiger partial charge in [0.2, 0.25) is 0 Å². The number of ether oxygens (including phenoxy) is 3. The van der Waals surface area contributed by atoms with Crippen LogP contribution in [0.5, 0.6) is 11.5 Å². The highest BCUT2D eigenvalue weighted by Gasteiger charge is 2.22. The second-order valence-corrected chi connectivity index (χ2v) is 6.12. The maximum Gasteiger partial charge on any atom is 0.349 e. The van der Waals surface area contributed by atoms with Gasteiger partial charge in [-0.05, 0) is 36.8 Å². The second kappa shape index (κ2) is 10.4. The van der Waals surface area contributed by atoms with E-state index in [2.05, 4.69) is 5.32 Å². The lowest BCUT2D eigenvalue weighted by atomic mass is 10.1. The Kier molecular flexibility index (Phi) is 7.68. The molecule has 0 saturated carbocycles. The molecule has 10 nitrogen and oxygen atoms in total. The number of carbonyl (C=O) groups excluding carboxylic acids is 2. The molecule has 0 aromatic heterocycles. The lowest BCUT2D eigenvalue weighted by molar-refractivity contribution is -0.384. The fourth-order valence-electron chi connectivity index (χ4n) is 2.42. The molecule has 31 heavy (non-hydrogen) atoms. The molecule has 0 bridgehead atoms. The minimum atomic E-state index is -1.29. The van der Waals surface area contributed by atoms with Gasteiger partial charge in [0.1, 0.15) is 23.1 Å². The van der Waals surface area contributed by atoms with Crippen molar-refractivity contribution in [3.05, 3.63) is 63.7 Å². The summed E-state index contributed by atoms with van der Waals surface area (Å²) >= 11 is 0.